The van der Waals surface area contributed by atoms with E-state index in [1.54, 1.807) is 24.3 Å². The van der Waals surface area contributed by atoms with Crippen LogP contribution in [0, 0.1) is 5.82 Å². The standard InChI is InChI=1S/C16H13ClFNO3/c1-10(15(20)19-12-8-6-11(17)7-9-12)22-16(21)13-4-2-3-5-14(13)18/h2-10H,1H3,(H,19,20). The molecule has 1 atom stereocenters. The summed E-state index contributed by atoms with van der Waals surface area (Å²) in [5.74, 6) is -2.11. The normalized spacial score (nSPS) is 11.6. The lowest BCUT2D eigenvalue weighted by molar-refractivity contribution is -0.123. The average Bonchev–Trinajstić information content (AvgIpc) is 2.49. The van der Waals surface area contributed by atoms with Crippen LogP contribution in [0.4, 0.5) is 10.1 Å². The first-order valence-corrected chi connectivity index (χ1v) is 6.87. The van der Waals surface area contributed by atoms with Crippen LogP contribution in [0.25, 0.3) is 0 Å². The molecule has 1 amide bonds. The molecule has 1 unspecified atom stereocenters. The number of hydrogen-bond acceptors (Lipinski definition) is 3. The Bertz CT molecular complexity index is 688. The Morgan fingerprint density at radius 2 is 1.77 bits per heavy atom. The maximum Gasteiger partial charge on any atom is 0.341 e. The topological polar surface area (TPSA) is 55.4 Å². The van der Waals surface area contributed by atoms with Crippen molar-refractivity contribution < 1.29 is 18.7 Å². The van der Waals surface area contributed by atoms with E-state index in [1.165, 1.54) is 25.1 Å². The molecule has 22 heavy (non-hydrogen) atoms. The molecule has 0 saturated heterocycles. The van der Waals surface area contributed by atoms with Crippen molar-refractivity contribution in [1.29, 1.82) is 0 Å². The minimum Gasteiger partial charge on any atom is -0.449 e. The van der Waals surface area contributed by atoms with Gasteiger partial charge in [-0.1, -0.05) is 23.7 Å². The summed E-state index contributed by atoms with van der Waals surface area (Å²) in [6.45, 7) is 1.41. The molecule has 0 radical (unpaired) electrons. The molecule has 0 bridgehead atoms. The zero-order valence-corrected chi connectivity index (χ0v) is 12.4. The van der Waals surface area contributed by atoms with E-state index in [2.05, 4.69) is 5.32 Å². The fourth-order valence-electron chi connectivity index (χ4n) is 1.68. The van der Waals surface area contributed by atoms with Crippen LogP contribution in [0.15, 0.2) is 48.5 Å². The highest BCUT2D eigenvalue weighted by Crippen LogP contribution is 2.14. The number of hydrogen-bond donors (Lipinski definition) is 1. The van der Waals surface area contributed by atoms with E-state index >= 15 is 0 Å². The highest BCUT2D eigenvalue weighted by atomic mass is 35.5. The van der Waals surface area contributed by atoms with E-state index in [1.807, 2.05) is 0 Å². The SMILES string of the molecule is CC(OC(=O)c1ccccc1F)C(=O)Nc1ccc(Cl)cc1. The smallest absolute Gasteiger partial charge is 0.341 e. The summed E-state index contributed by atoms with van der Waals surface area (Å²) in [5, 5.41) is 3.11. The second-order valence-corrected chi connectivity index (χ2v) is 4.96. The zero-order chi connectivity index (χ0) is 16.1. The number of amides is 1. The predicted molar refractivity (Wildman–Crippen MR) is 81.4 cm³/mol. The maximum absolute atomic E-state index is 13.5. The van der Waals surface area contributed by atoms with E-state index in [9.17, 15) is 14.0 Å². The van der Waals surface area contributed by atoms with Gasteiger partial charge in [-0.3, -0.25) is 4.79 Å². The molecule has 0 aromatic heterocycles. The van der Waals surface area contributed by atoms with Crippen LogP contribution < -0.4 is 5.32 Å². The van der Waals surface area contributed by atoms with Crippen LogP contribution in [-0.4, -0.2) is 18.0 Å². The molecule has 0 aliphatic carbocycles. The molecule has 0 spiro atoms. The van der Waals surface area contributed by atoms with Gasteiger partial charge in [0.25, 0.3) is 5.91 Å². The van der Waals surface area contributed by atoms with Crippen molar-refractivity contribution in [1.82, 2.24) is 0 Å². The van der Waals surface area contributed by atoms with Gasteiger partial charge in [-0.2, -0.15) is 0 Å². The lowest BCUT2D eigenvalue weighted by atomic mass is 10.2. The molecular formula is C16H13ClFNO3. The molecule has 114 valence electrons. The molecule has 2 aromatic carbocycles. The number of esters is 1. The van der Waals surface area contributed by atoms with E-state index < -0.39 is 23.8 Å². The van der Waals surface area contributed by atoms with Crippen molar-refractivity contribution in [3.05, 3.63) is 64.9 Å². The van der Waals surface area contributed by atoms with Crippen LogP contribution in [0.3, 0.4) is 0 Å². The molecule has 0 aliphatic rings. The molecule has 0 fully saturated rings. The van der Waals surface area contributed by atoms with Gasteiger partial charge in [0.1, 0.15) is 5.82 Å². The van der Waals surface area contributed by atoms with Gasteiger partial charge in [0.05, 0.1) is 5.56 Å². The summed E-state index contributed by atoms with van der Waals surface area (Å²) < 4.78 is 18.4. The second kappa shape index (κ2) is 7.04. The van der Waals surface area contributed by atoms with Gasteiger partial charge >= 0.3 is 5.97 Å². The van der Waals surface area contributed by atoms with Gasteiger partial charge < -0.3 is 10.1 Å². The Morgan fingerprint density at radius 1 is 1.14 bits per heavy atom. The maximum atomic E-state index is 13.5. The molecule has 0 heterocycles. The summed E-state index contributed by atoms with van der Waals surface area (Å²) in [6, 6.07) is 11.9. The molecular weight excluding hydrogens is 309 g/mol. The molecule has 6 heteroatoms. The molecule has 0 aliphatic heterocycles. The number of anilines is 1. The number of halogens is 2. The monoisotopic (exact) mass is 321 g/mol. The summed E-state index contributed by atoms with van der Waals surface area (Å²) >= 11 is 5.74. The predicted octanol–water partition coefficient (Wildman–Crippen LogP) is 3.66. The van der Waals surface area contributed by atoms with Crippen molar-refractivity contribution in [2.24, 2.45) is 0 Å². The lowest BCUT2D eigenvalue weighted by Gasteiger charge is -2.13. The first kappa shape index (κ1) is 16.0. The Labute approximate surface area is 131 Å². The quantitative estimate of drug-likeness (QED) is 0.874. The third-order valence-electron chi connectivity index (χ3n) is 2.86. The summed E-state index contributed by atoms with van der Waals surface area (Å²) in [4.78, 5) is 23.8. The van der Waals surface area contributed by atoms with Gasteiger partial charge in [0.15, 0.2) is 6.10 Å². The van der Waals surface area contributed by atoms with Gasteiger partial charge in [-0.25, -0.2) is 9.18 Å². The van der Waals surface area contributed by atoms with E-state index in [4.69, 9.17) is 16.3 Å². The molecule has 4 nitrogen and oxygen atoms in total. The average molecular weight is 322 g/mol. The van der Waals surface area contributed by atoms with Crippen molar-refractivity contribution in [2.45, 2.75) is 13.0 Å². The number of carbonyl (C=O) groups excluding carboxylic acids is 2. The van der Waals surface area contributed by atoms with Crippen molar-refractivity contribution in [3.63, 3.8) is 0 Å². The Balaban J connectivity index is 1.98. The molecule has 2 rings (SSSR count). The van der Waals surface area contributed by atoms with Crippen molar-refractivity contribution in [2.75, 3.05) is 5.32 Å². The number of nitrogens with one attached hydrogen (secondary N) is 1. The summed E-state index contributed by atoms with van der Waals surface area (Å²) in [6.07, 6.45) is -1.07. The van der Waals surface area contributed by atoms with E-state index in [-0.39, 0.29) is 5.56 Å². The number of carbonyl (C=O) groups is 2. The molecule has 0 saturated carbocycles. The van der Waals surface area contributed by atoms with Crippen LogP contribution in [0.2, 0.25) is 5.02 Å². The summed E-state index contributed by atoms with van der Waals surface area (Å²) in [5.41, 5.74) is 0.303. The molecule has 2 aromatic rings. The Morgan fingerprint density at radius 3 is 2.41 bits per heavy atom. The molecule has 1 N–H and O–H groups in total. The van der Waals surface area contributed by atoms with E-state index in [0.717, 1.165) is 6.07 Å². The number of benzene rings is 2. The van der Waals surface area contributed by atoms with Gasteiger partial charge in [0.2, 0.25) is 0 Å². The highest BCUT2D eigenvalue weighted by molar-refractivity contribution is 6.30. The fraction of sp³-hybridized carbons (Fsp3) is 0.125. The van der Waals surface area contributed by atoms with Crippen LogP contribution in [0.5, 0.6) is 0 Å². The second-order valence-electron chi connectivity index (χ2n) is 4.52. The van der Waals surface area contributed by atoms with Crippen LogP contribution >= 0.6 is 11.6 Å². The van der Waals surface area contributed by atoms with Crippen LogP contribution in [-0.2, 0) is 9.53 Å². The number of ether oxygens (including phenoxy) is 1. The summed E-state index contributed by atoms with van der Waals surface area (Å²) in [7, 11) is 0. The third kappa shape index (κ3) is 4.05. The Hall–Kier alpha value is -2.40. The van der Waals surface area contributed by atoms with Crippen molar-refractivity contribution in [3.8, 4) is 0 Å². The minimum absolute atomic E-state index is 0.214. The zero-order valence-electron chi connectivity index (χ0n) is 11.7. The van der Waals surface area contributed by atoms with Crippen LogP contribution in [0.1, 0.15) is 17.3 Å². The largest absolute Gasteiger partial charge is 0.449 e. The minimum atomic E-state index is -1.07. The van der Waals surface area contributed by atoms with E-state index in [0.29, 0.717) is 10.7 Å². The lowest BCUT2D eigenvalue weighted by Crippen LogP contribution is -2.30. The first-order valence-electron chi connectivity index (χ1n) is 6.49. The fourth-order valence-corrected chi connectivity index (χ4v) is 1.81. The first-order chi connectivity index (χ1) is 10.5. The highest BCUT2D eigenvalue weighted by Gasteiger charge is 2.20. The third-order valence-corrected chi connectivity index (χ3v) is 3.11. The Kier molecular flexibility index (Phi) is 5.12. The van der Waals surface area contributed by atoms with Gasteiger partial charge in [-0.15, -0.1) is 0 Å². The van der Waals surface area contributed by atoms with Gasteiger partial charge in [0, 0.05) is 10.7 Å². The van der Waals surface area contributed by atoms with Crippen molar-refractivity contribution >= 4 is 29.2 Å². The van der Waals surface area contributed by atoms with Gasteiger partial charge in [-0.05, 0) is 43.3 Å². The number of rotatable bonds is 4.